The molecule has 0 atom stereocenters. The zero-order chi connectivity index (χ0) is 12.2. The van der Waals surface area contributed by atoms with E-state index in [-0.39, 0.29) is 5.17 Å². The van der Waals surface area contributed by atoms with Gasteiger partial charge in [0.15, 0.2) is 5.17 Å². The van der Waals surface area contributed by atoms with Crippen LogP contribution in [-0.2, 0) is 0 Å². The van der Waals surface area contributed by atoms with Gasteiger partial charge in [-0.15, -0.1) is 10.2 Å². The minimum Gasteiger partial charge on any atom is -0.164 e. The lowest BCUT2D eigenvalue weighted by Crippen LogP contribution is -2.16. The second kappa shape index (κ2) is 5.32. The van der Waals surface area contributed by atoms with Gasteiger partial charge in [-0.3, -0.25) is 0 Å². The highest BCUT2D eigenvalue weighted by Gasteiger charge is 2.34. The largest absolute Gasteiger partial charge is 0.446 e. The van der Waals surface area contributed by atoms with Crippen molar-refractivity contribution < 1.29 is 13.2 Å². The van der Waals surface area contributed by atoms with Gasteiger partial charge in [-0.2, -0.15) is 13.2 Å². The van der Waals surface area contributed by atoms with Crippen LogP contribution in [0.1, 0.15) is 5.56 Å². The summed E-state index contributed by atoms with van der Waals surface area (Å²) in [7, 11) is 0. The monoisotopic (exact) mass is 268 g/mol. The first-order valence-electron chi connectivity index (χ1n) is 4.00. The molecule has 0 spiro atoms. The molecule has 0 heterocycles. The summed E-state index contributed by atoms with van der Waals surface area (Å²) < 4.78 is 35.8. The van der Waals surface area contributed by atoms with Crippen LogP contribution in [0.3, 0.4) is 0 Å². The molecule has 0 radical (unpaired) electrons. The Hall–Kier alpha value is -1.07. The molecule has 1 aromatic rings. The first-order chi connectivity index (χ1) is 7.41. The summed E-state index contributed by atoms with van der Waals surface area (Å²) in [6.07, 6.45) is -4.71. The number of hydrogen-bond acceptors (Lipinski definition) is 2. The van der Waals surface area contributed by atoms with Gasteiger partial charge in [0.25, 0.3) is 0 Å². The highest BCUT2D eigenvalue weighted by Crippen LogP contribution is 2.20. The number of benzene rings is 1. The van der Waals surface area contributed by atoms with Gasteiger partial charge in [0.2, 0.25) is 5.17 Å². The normalized spacial score (nSPS) is 14.1. The van der Waals surface area contributed by atoms with Crippen molar-refractivity contribution in [2.24, 2.45) is 10.2 Å². The zero-order valence-corrected chi connectivity index (χ0v) is 9.18. The molecule has 1 rings (SSSR count). The first-order valence-corrected chi connectivity index (χ1v) is 4.76. The smallest absolute Gasteiger partial charge is 0.164 e. The molecular weight excluding hydrogens is 264 g/mol. The summed E-state index contributed by atoms with van der Waals surface area (Å²) >= 11 is 10.5. The van der Waals surface area contributed by atoms with Crippen LogP contribution in [0.2, 0.25) is 0 Å². The van der Waals surface area contributed by atoms with E-state index in [0.29, 0.717) is 5.56 Å². The van der Waals surface area contributed by atoms with Crippen molar-refractivity contribution in [3.8, 4) is 0 Å². The van der Waals surface area contributed by atoms with Gasteiger partial charge in [0.1, 0.15) is 0 Å². The Morgan fingerprint density at radius 1 is 1.00 bits per heavy atom. The van der Waals surface area contributed by atoms with Crippen LogP contribution in [-0.4, -0.2) is 16.5 Å². The summed E-state index contributed by atoms with van der Waals surface area (Å²) in [5, 5.41) is 4.23. The summed E-state index contributed by atoms with van der Waals surface area (Å²) in [6, 6.07) is 8.25. The third-order valence-electron chi connectivity index (χ3n) is 1.47. The van der Waals surface area contributed by atoms with E-state index in [1.807, 2.05) is 0 Å². The van der Waals surface area contributed by atoms with Crippen molar-refractivity contribution in [2.45, 2.75) is 6.18 Å². The lowest BCUT2D eigenvalue weighted by atomic mass is 10.2. The van der Waals surface area contributed by atoms with Crippen LogP contribution < -0.4 is 0 Å². The van der Waals surface area contributed by atoms with E-state index in [0.717, 1.165) is 0 Å². The molecule has 0 aliphatic rings. The Bertz CT molecular complexity index is 413. The maximum atomic E-state index is 11.9. The molecule has 0 unspecified atom stereocenters. The molecule has 0 saturated heterocycles. The Labute approximate surface area is 99.4 Å². The van der Waals surface area contributed by atoms with Gasteiger partial charge in [-0.25, -0.2) is 0 Å². The van der Waals surface area contributed by atoms with Crippen LogP contribution in [0.5, 0.6) is 0 Å². The number of rotatable bonds is 2. The average Bonchev–Trinajstić information content (AvgIpc) is 2.25. The molecule has 0 saturated carbocycles. The first kappa shape index (κ1) is 13.0. The van der Waals surface area contributed by atoms with E-state index in [2.05, 4.69) is 10.2 Å². The maximum absolute atomic E-state index is 11.9. The summed E-state index contributed by atoms with van der Waals surface area (Å²) in [4.78, 5) is 0. The van der Waals surface area contributed by atoms with Crippen LogP contribution in [0.25, 0.3) is 0 Å². The van der Waals surface area contributed by atoms with Crippen molar-refractivity contribution in [1.82, 2.24) is 0 Å². The van der Waals surface area contributed by atoms with Crippen LogP contribution in [0.15, 0.2) is 40.5 Å². The van der Waals surface area contributed by atoms with E-state index in [4.69, 9.17) is 23.2 Å². The third kappa shape index (κ3) is 3.83. The lowest BCUT2D eigenvalue weighted by molar-refractivity contribution is -0.0560. The highest BCUT2D eigenvalue weighted by atomic mass is 35.5. The third-order valence-corrected chi connectivity index (χ3v) is 2.06. The fraction of sp³-hybridized carbons (Fsp3) is 0.111. The molecule has 86 valence electrons. The van der Waals surface area contributed by atoms with E-state index >= 15 is 0 Å². The Morgan fingerprint density at radius 2 is 1.56 bits per heavy atom. The van der Waals surface area contributed by atoms with E-state index in [9.17, 15) is 13.2 Å². The molecule has 0 aliphatic carbocycles. The minimum atomic E-state index is -4.71. The summed E-state index contributed by atoms with van der Waals surface area (Å²) in [5.74, 6) is 0. The Balaban J connectivity index is 2.88. The lowest BCUT2D eigenvalue weighted by Gasteiger charge is -2.00. The van der Waals surface area contributed by atoms with E-state index in [1.54, 1.807) is 30.3 Å². The molecular formula is C9H5Cl2F3N2. The van der Waals surface area contributed by atoms with Crippen molar-refractivity contribution in [2.75, 3.05) is 0 Å². The molecule has 2 nitrogen and oxygen atoms in total. The highest BCUT2D eigenvalue weighted by molar-refractivity contribution is 6.70. The van der Waals surface area contributed by atoms with Crippen molar-refractivity contribution in [3.63, 3.8) is 0 Å². The van der Waals surface area contributed by atoms with Gasteiger partial charge in [0, 0.05) is 5.56 Å². The molecule has 0 aliphatic heterocycles. The SMILES string of the molecule is FC(F)(F)/C(Cl)=N/N=C(\Cl)c1ccccc1. The minimum absolute atomic E-state index is 0.164. The summed E-state index contributed by atoms with van der Waals surface area (Å²) in [6.45, 7) is 0. The van der Waals surface area contributed by atoms with Gasteiger partial charge in [-0.1, -0.05) is 53.5 Å². The topological polar surface area (TPSA) is 24.7 Å². The van der Waals surface area contributed by atoms with Gasteiger partial charge < -0.3 is 0 Å². The standard InChI is InChI=1S/C9H5Cl2F3N2/c10-7(6-4-2-1-3-5-6)15-16-8(11)9(12,13)14/h1-5H/b15-7-,16-8-. The predicted octanol–water partition coefficient (Wildman–Crippen LogP) is 3.79. The average molecular weight is 269 g/mol. The predicted molar refractivity (Wildman–Crippen MR) is 58.2 cm³/mol. The second-order valence-corrected chi connectivity index (χ2v) is 3.36. The Kier molecular flexibility index (Phi) is 4.32. The van der Waals surface area contributed by atoms with Gasteiger partial charge in [0.05, 0.1) is 0 Å². The van der Waals surface area contributed by atoms with Gasteiger partial charge in [-0.05, 0) is 0 Å². The number of alkyl halides is 3. The van der Waals surface area contributed by atoms with Crippen molar-refractivity contribution in [1.29, 1.82) is 0 Å². The molecule has 0 fully saturated rings. The molecule has 1 aromatic carbocycles. The maximum Gasteiger partial charge on any atom is 0.446 e. The van der Waals surface area contributed by atoms with E-state index in [1.165, 1.54) is 0 Å². The number of nitrogens with zero attached hydrogens (tertiary/aromatic N) is 2. The second-order valence-electron chi connectivity index (χ2n) is 2.65. The number of hydrogen-bond donors (Lipinski definition) is 0. The molecule has 7 heteroatoms. The Morgan fingerprint density at radius 3 is 2.06 bits per heavy atom. The van der Waals surface area contributed by atoms with E-state index < -0.39 is 11.3 Å². The molecule has 16 heavy (non-hydrogen) atoms. The van der Waals surface area contributed by atoms with Gasteiger partial charge >= 0.3 is 6.18 Å². The molecule has 0 bridgehead atoms. The quantitative estimate of drug-likeness (QED) is 0.576. The van der Waals surface area contributed by atoms with Crippen LogP contribution >= 0.6 is 23.2 Å². The molecule has 0 amide bonds. The summed E-state index contributed by atoms with van der Waals surface area (Å²) in [5.41, 5.74) is 0.458. The molecule has 0 aromatic heterocycles. The van der Waals surface area contributed by atoms with Crippen LogP contribution in [0, 0.1) is 0 Å². The zero-order valence-electron chi connectivity index (χ0n) is 7.67. The van der Waals surface area contributed by atoms with Crippen LogP contribution in [0.4, 0.5) is 13.2 Å². The van der Waals surface area contributed by atoms with Crippen molar-refractivity contribution in [3.05, 3.63) is 35.9 Å². The fourth-order valence-electron chi connectivity index (χ4n) is 0.778. The number of halogens is 5. The van der Waals surface area contributed by atoms with Crippen molar-refractivity contribution >= 4 is 33.5 Å². The molecule has 0 N–H and O–H groups in total. The fourth-order valence-corrected chi connectivity index (χ4v) is 0.979.